The summed E-state index contributed by atoms with van der Waals surface area (Å²) in [5.41, 5.74) is 7.48. The first kappa shape index (κ1) is 15.0. The zero-order valence-electron chi connectivity index (χ0n) is 14.5. The molecule has 1 aliphatic carbocycles. The van der Waals surface area contributed by atoms with Crippen LogP contribution in [0.2, 0.25) is 0 Å². The number of benzene rings is 3. The van der Waals surface area contributed by atoms with Crippen LogP contribution in [0.5, 0.6) is 0 Å². The average Bonchev–Trinajstić information content (AvgIpc) is 3.31. The Morgan fingerprint density at radius 3 is 2.00 bits per heavy atom. The van der Waals surface area contributed by atoms with Gasteiger partial charge in [-0.05, 0) is 53.8 Å². The first-order valence-electron chi connectivity index (χ1n) is 8.56. The molecule has 5 rings (SSSR count). The van der Waals surface area contributed by atoms with E-state index in [1.165, 1.54) is 0 Å². The maximum absolute atomic E-state index is 13.0. The number of carbonyl (C=O) groups excluding carboxylic acids is 1. The van der Waals surface area contributed by atoms with Crippen LogP contribution in [0.1, 0.15) is 32.6 Å². The van der Waals surface area contributed by atoms with Gasteiger partial charge in [0.25, 0.3) is 0 Å². The van der Waals surface area contributed by atoms with Gasteiger partial charge in [0.05, 0.1) is 16.7 Å². The number of allylic oxidation sites excluding steroid dienone is 1. The molecule has 4 aromatic rings. The Bertz CT molecular complexity index is 1190. The van der Waals surface area contributed by atoms with Crippen LogP contribution in [0, 0.1) is 13.8 Å². The van der Waals surface area contributed by atoms with Crippen LogP contribution in [0.15, 0.2) is 59.0 Å². The van der Waals surface area contributed by atoms with Crippen LogP contribution in [-0.2, 0) is 0 Å². The van der Waals surface area contributed by atoms with Gasteiger partial charge in [0.1, 0.15) is 16.9 Å². The summed E-state index contributed by atoms with van der Waals surface area (Å²) >= 11 is 0. The Hall–Kier alpha value is -3.33. The largest absolute Gasteiger partial charge is 0.506 e. The number of furan rings is 2. The minimum atomic E-state index is -0.162. The number of hydrogen-bond donors (Lipinski definition) is 1. The van der Waals surface area contributed by atoms with Crippen molar-refractivity contribution in [3.8, 4) is 11.1 Å². The smallest absolute Gasteiger partial charge is 0.202 e. The molecule has 0 spiro atoms. The van der Waals surface area contributed by atoms with E-state index >= 15 is 0 Å². The number of rotatable bonds is 2. The second kappa shape index (κ2) is 5.09. The Morgan fingerprint density at radius 1 is 0.769 bits per heavy atom. The van der Waals surface area contributed by atoms with Crippen LogP contribution in [0.4, 0.5) is 0 Å². The highest BCUT2D eigenvalue weighted by atomic mass is 16.3. The molecule has 0 saturated heterocycles. The number of aliphatic hydroxyl groups is 1. The van der Waals surface area contributed by atoms with Crippen molar-refractivity contribution in [3.63, 3.8) is 0 Å². The zero-order valence-corrected chi connectivity index (χ0v) is 14.5. The molecule has 0 fully saturated rings. The van der Waals surface area contributed by atoms with E-state index in [2.05, 4.69) is 24.3 Å². The summed E-state index contributed by atoms with van der Waals surface area (Å²) in [6, 6.07) is 17.8. The lowest BCUT2D eigenvalue weighted by Crippen LogP contribution is -2.03. The van der Waals surface area contributed by atoms with Crippen molar-refractivity contribution >= 4 is 28.3 Å². The van der Waals surface area contributed by atoms with Gasteiger partial charge >= 0.3 is 0 Å². The lowest BCUT2D eigenvalue weighted by atomic mass is 9.90. The number of fused-ring (bicyclic) bond motifs is 5. The summed E-state index contributed by atoms with van der Waals surface area (Å²) in [6.07, 6.45) is 0. The summed E-state index contributed by atoms with van der Waals surface area (Å²) in [5, 5.41) is 10.8. The standard InChI is InChI=1S/C23H16O3/c1-12-10-15(14-6-4-3-5-7-14)11-13(2)18(12)21-22(24)19-16-8-9-17(26-16)20(19)23(21)25/h3-11,24H,1-2H3. The van der Waals surface area contributed by atoms with Crippen molar-refractivity contribution in [3.05, 3.63) is 82.4 Å². The Morgan fingerprint density at radius 2 is 1.38 bits per heavy atom. The van der Waals surface area contributed by atoms with E-state index in [9.17, 15) is 9.90 Å². The lowest BCUT2D eigenvalue weighted by molar-refractivity contribution is 0.106. The number of aryl methyl sites for hydroxylation is 2. The normalized spacial score (nSPS) is 13.8. The molecule has 0 unspecified atom stereocenters. The maximum atomic E-state index is 13.0. The van der Waals surface area contributed by atoms with Crippen molar-refractivity contribution < 1.29 is 14.3 Å². The predicted octanol–water partition coefficient (Wildman–Crippen LogP) is 5.78. The summed E-state index contributed by atoms with van der Waals surface area (Å²) in [6.45, 7) is 3.96. The number of carbonyl (C=O) groups is 1. The van der Waals surface area contributed by atoms with Gasteiger partial charge < -0.3 is 9.52 Å². The fourth-order valence-corrected chi connectivity index (χ4v) is 4.06. The molecular weight excluding hydrogens is 324 g/mol. The van der Waals surface area contributed by atoms with Crippen molar-refractivity contribution in [1.29, 1.82) is 0 Å². The van der Waals surface area contributed by atoms with E-state index in [1.807, 2.05) is 32.0 Å². The highest BCUT2D eigenvalue weighted by Gasteiger charge is 2.38. The molecule has 3 heteroatoms. The fraction of sp³-hybridized carbons (Fsp3) is 0.0870. The van der Waals surface area contributed by atoms with Gasteiger partial charge in [-0.15, -0.1) is 0 Å². The van der Waals surface area contributed by atoms with E-state index in [0.717, 1.165) is 27.8 Å². The highest BCUT2D eigenvalue weighted by Crippen LogP contribution is 2.45. The summed E-state index contributed by atoms with van der Waals surface area (Å²) in [4.78, 5) is 13.0. The minimum Gasteiger partial charge on any atom is -0.506 e. The first-order chi connectivity index (χ1) is 12.6. The molecule has 1 N–H and O–H groups in total. The molecule has 3 nitrogen and oxygen atoms in total. The van der Waals surface area contributed by atoms with Gasteiger partial charge in [-0.2, -0.15) is 0 Å². The second-order valence-electron chi connectivity index (χ2n) is 6.82. The molecule has 0 atom stereocenters. The fourth-order valence-electron chi connectivity index (χ4n) is 4.06. The molecule has 2 aromatic heterocycles. The number of Topliss-reactive ketones (excluding diaryl/α,β-unsaturated/α-hetero) is 1. The molecule has 0 aliphatic heterocycles. The first-order valence-corrected chi connectivity index (χ1v) is 8.56. The number of ketones is 1. The van der Waals surface area contributed by atoms with Gasteiger partial charge in [0.15, 0.2) is 0 Å². The molecule has 1 aliphatic rings. The lowest BCUT2D eigenvalue weighted by Gasteiger charge is -2.14. The molecule has 2 heterocycles. The van der Waals surface area contributed by atoms with Gasteiger partial charge in [0, 0.05) is 0 Å². The van der Waals surface area contributed by atoms with Crippen molar-refractivity contribution in [2.75, 3.05) is 0 Å². The van der Waals surface area contributed by atoms with E-state index in [1.54, 1.807) is 12.1 Å². The SMILES string of the molecule is Cc1cc(-c2ccccc2)cc(C)c1C1=C(O)c2c(c3ccc2o3)C1=O. The predicted molar refractivity (Wildman–Crippen MR) is 103 cm³/mol. The Labute approximate surface area is 150 Å². The number of hydrogen-bond acceptors (Lipinski definition) is 3. The van der Waals surface area contributed by atoms with Gasteiger partial charge in [-0.25, -0.2) is 0 Å². The Balaban J connectivity index is 1.70. The maximum Gasteiger partial charge on any atom is 0.202 e. The van der Waals surface area contributed by atoms with E-state index in [4.69, 9.17) is 4.42 Å². The molecule has 0 radical (unpaired) electrons. The third-order valence-corrected chi connectivity index (χ3v) is 5.17. The van der Waals surface area contributed by atoms with E-state index < -0.39 is 0 Å². The molecular formula is C23H16O3. The summed E-state index contributed by atoms with van der Waals surface area (Å²) in [5.74, 6) is -0.136. The van der Waals surface area contributed by atoms with Crippen LogP contribution < -0.4 is 0 Å². The Kier molecular flexibility index (Phi) is 2.93. The highest BCUT2D eigenvalue weighted by molar-refractivity contribution is 6.42. The molecule has 26 heavy (non-hydrogen) atoms. The van der Waals surface area contributed by atoms with Crippen LogP contribution in [-0.4, -0.2) is 10.9 Å². The second-order valence-corrected chi connectivity index (χ2v) is 6.82. The topological polar surface area (TPSA) is 50.4 Å². The monoisotopic (exact) mass is 340 g/mol. The van der Waals surface area contributed by atoms with E-state index in [0.29, 0.717) is 27.9 Å². The van der Waals surface area contributed by atoms with Gasteiger partial charge in [-0.1, -0.05) is 42.5 Å². The molecule has 2 aromatic carbocycles. The summed E-state index contributed by atoms with van der Waals surface area (Å²) < 4.78 is 5.53. The summed E-state index contributed by atoms with van der Waals surface area (Å²) in [7, 11) is 0. The van der Waals surface area contributed by atoms with Crippen LogP contribution in [0.25, 0.3) is 33.6 Å². The van der Waals surface area contributed by atoms with Crippen molar-refractivity contribution in [1.82, 2.24) is 0 Å². The number of aliphatic hydroxyl groups excluding tert-OH is 1. The van der Waals surface area contributed by atoms with Gasteiger partial charge in [-0.3, -0.25) is 4.79 Å². The minimum absolute atomic E-state index is 0.0259. The van der Waals surface area contributed by atoms with Gasteiger partial charge in [0.2, 0.25) is 5.78 Å². The molecule has 2 bridgehead atoms. The average molecular weight is 340 g/mol. The zero-order chi connectivity index (χ0) is 18.0. The molecule has 126 valence electrons. The molecule has 0 saturated carbocycles. The van der Waals surface area contributed by atoms with Crippen LogP contribution in [0.3, 0.4) is 0 Å². The third-order valence-electron chi connectivity index (χ3n) is 5.17. The third kappa shape index (κ3) is 1.85. The quantitative estimate of drug-likeness (QED) is 0.503. The van der Waals surface area contributed by atoms with Crippen molar-refractivity contribution in [2.45, 2.75) is 13.8 Å². The molecule has 0 amide bonds. The van der Waals surface area contributed by atoms with E-state index in [-0.39, 0.29) is 11.5 Å². The van der Waals surface area contributed by atoms with Crippen molar-refractivity contribution in [2.24, 2.45) is 0 Å². The van der Waals surface area contributed by atoms with Crippen LogP contribution >= 0.6 is 0 Å².